The van der Waals surface area contributed by atoms with Gasteiger partial charge in [-0.05, 0) is 68.8 Å². The topological polar surface area (TPSA) is 12.0 Å². The van der Waals surface area contributed by atoms with Crippen LogP contribution in [-0.2, 0) is 0 Å². The van der Waals surface area contributed by atoms with Crippen molar-refractivity contribution in [1.29, 1.82) is 0 Å². The fourth-order valence-corrected chi connectivity index (χ4v) is 4.70. The first-order valence-corrected chi connectivity index (χ1v) is 13.8. The van der Waals surface area contributed by atoms with Gasteiger partial charge in [0, 0.05) is 11.4 Å². The first kappa shape index (κ1) is 27.2. The van der Waals surface area contributed by atoms with Gasteiger partial charge in [-0.2, -0.15) is 0 Å². The summed E-state index contributed by atoms with van der Waals surface area (Å²) in [6.07, 6.45) is 12.3. The zero-order valence-electron chi connectivity index (χ0n) is 23.1. The van der Waals surface area contributed by atoms with E-state index in [0.29, 0.717) is 0 Å². The van der Waals surface area contributed by atoms with Gasteiger partial charge in [0.1, 0.15) is 0 Å². The number of anilines is 2. The molecule has 0 saturated carbocycles. The Morgan fingerprint density at radius 1 is 0.512 bits per heavy atom. The van der Waals surface area contributed by atoms with E-state index in [9.17, 15) is 0 Å². The van der Waals surface area contributed by atoms with Crippen molar-refractivity contribution in [1.82, 2.24) is 0 Å². The first-order chi connectivity index (χ1) is 20.2. The van der Waals surface area contributed by atoms with Crippen molar-refractivity contribution in [2.75, 3.05) is 5.32 Å². The van der Waals surface area contributed by atoms with Crippen LogP contribution in [0.2, 0.25) is 0 Å². The van der Waals surface area contributed by atoms with Crippen LogP contribution in [0.5, 0.6) is 0 Å². The molecule has 0 atom stereocenters. The Morgan fingerprint density at radius 3 is 1.68 bits per heavy atom. The zero-order chi connectivity index (χ0) is 28.3. The molecule has 1 nitrogen and oxygen atoms in total. The van der Waals surface area contributed by atoms with E-state index in [4.69, 9.17) is 0 Å². The number of benzene rings is 5. The second-order valence-electron chi connectivity index (χ2n) is 9.63. The van der Waals surface area contributed by atoms with Gasteiger partial charge in [0.25, 0.3) is 0 Å². The lowest BCUT2D eigenvalue weighted by atomic mass is 9.99. The van der Waals surface area contributed by atoms with Crippen LogP contribution in [0, 0.1) is 0 Å². The van der Waals surface area contributed by atoms with Gasteiger partial charge in [-0.15, -0.1) is 0 Å². The lowest BCUT2D eigenvalue weighted by Gasteiger charge is -2.08. The van der Waals surface area contributed by atoms with E-state index in [1.54, 1.807) is 0 Å². The standard InChI is InChI=1S/C40H33N/c1-3-33(39(4-2)34-13-7-5-8-14-34)25-19-31-21-27-37(28-22-31)41-38-29-23-32(24-30-38)20-26-36-17-11-12-18-40(36)35-15-9-6-10-16-35/h3-30,41H,1-2H2/b25-19+,26-20+,39-33-. The van der Waals surface area contributed by atoms with Crippen molar-refractivity contribution in [2.24, 2.45) is 0 Å². The Hall–Kier alpha value is -5.40. The highest BCUT2D eigenvalue weighted by Gasteiger charge is 2.03. The van der Waals surface area contributed by atoms with Crippen molar-refractivity contribution in [3.05, 3.63) is 193 Å². The van der Waals surface area contributed by atoms with Crippen LogP contribution in [0.4, 0.5) is 11.4 Å². The third-order valence-electron chi connectivity index (χ3n) is 6.89. The normalized spacial score (nSPS) is 11.8. The molecule has 1 heteroatoms. The summed E-state index contributed by atoms with van der Waals surface area (Å²) in [6, 6.07) is 46.1. The lowest BCUT2D eigenvalue weighted by molar-refractivity contribution is 1.53. The summed E-state index contributed by atoms with van der Waals surface area (Å²) < 4.78 is 0. The van der Waals surface area contributed by atoms with Gasteiger partial charge < -0.3 is 5.32 Å². The SMILES string of the molecule is C=CC(/C=C/c1ccc(Nc2ccc(/C=C/c3ccccc3-c3ccccc3)cc2)cc1)=C(\C=C)c1ccccc1. The average Bonchev–Trinajstić information content (AvgIpc) is 3.04. The zero-order valence-corrected chi connectivity index (χ0v) is 23.1. The van der Waals surface area contributed by atoms with E-state index in [1.807, 2.05) is 36.4 Å². The fraction of sp³-hybridized carbons (Fsp3) is 0. The van der Waals surface area contributed by atoms with Gasteiger partial charge in [-0.3, -0.25) is 0 Å². The largest absolute Gasteiger partial charge is 0.356 e. The molecule has 0 amide bonds. The van der Waals surface area contributed by atoms with Crippen molar-refractivity contribution >= 4 is 35.2 Å². The van der Waals surface area contributed by atoms with Crippen LogP contribution in [0.25, 0.3) is 34.9 Å². The van der Waals surface area contributed by atoms with Crippen LogP contribution < -0.4 is 5.32 Å². The molecule has 1 N–H and O–H groups in total. The second-order valence-corrected chi connectivity index (χ2v) is 9.63. The Labute approximate surface area is 243 Å². The molecule has 0 unspecified atom stereocenters. The van der Waals surface area contributed by atoms with Gasteiger partial charge in [0.15, 0.2) is 0 Å². The van der Waals surface area contributed by atoms with Crippen LogP contribution in [0.3, 0.4) is 0 Å². The third kappa shape index (κ3) is 7.17. The quantitative estimate of drug-likeness (QED) is 0.141. The molecule has 0 heterocycles. The molecule has 0 bridgehead atoms. The van der Waals surface area contributed by atoms with Crippen LogP contribution in [0.15, 0.2) is 170 Å². The highest BCUT2D eigenvalue weighted by atomic mass is 14.9. The monoisotopic (exact) mass is 527 g/mol. The fourth-order valence-electron chi connectivity index (χ4n) is 4.70. The van der Waals surface area contributed by atoms with Gasteiger partial charge in [0.2, 0.25) is 0 Å². The molecule has 5 aromatic rings. The Kier molecular flexibility index (Phi) is 9.01. The molecule has 5 rings (SSSR count). The summed E-state index contributed by atoms with van der Waals surface area (Å²) in [5.74, 6) is 0. The number of hydrogen-bond acceptors (Lipinski definition) is 1. The van der Waals surface area contributed by atoms with Gasteiger partial charge in [-0.1, -0.05) is 159 Å². The molecule has 0 aliphatic carbocycles. The van der Waals surface area contributed by atoms with Crippen molar-refractivity contribution in [3.63, 3.8) is 0 Å². The number of rotatable bonds is 10. The molecule has 0 fully saturated rings. The van der Waals surface area contributed by atoms with E-state index in [1.165, 1.54) is 16.7 Å². The molecule has 41 heavy (non-hydrogen) atoms. The summed E-state index contributed by atoms with van der Waals surface area (Å²) in [5, 5.41) is 3.50. The lowest BCUT2D eigenvalue weighted by Crippen LogP contribution is -1.90. The van der Waals surface area contributed by atoms with Crippen LogP contribution >= 0.6 is 0 Å². The number of allylic oxidation sites excluding steroid dienone is 5. The van der Waals surface area contributed by atoms with E-state index < -0.39 is 0 Å². The maximum atomic E-state index is 4.01. The molecule has 0 aliphatic rings. The van der Waals surface area contributed by atoms with Crippen molar-refractivity contribution in [3.8, 4) is 11.1 Å². The predicted molar refractivity (Wildman–Crippen MR) is 180 cm³/mol. The predicted octanol–water partition coefficient (Wildman–Crippen LogP) is 11.1. The Bertz CT molecular complexity index is 1690. The highest BCUT2D eigenvalue weighted by molar-refractivity contribution is 5.82. The van der Waals surface area contributed by atoms with Crippen molar-refractivity contribution in [2.45, 2.75) is 0 Å². The molecular weight excluding hydrogens is 494 g/mol. The Morgan fingerprint density at radius 2 is 1.07 bits per heavy atom. The maximum Gasteiger partial charge on any atom is 0.0384 e. The van der Waals surface area contributed by atoms with Gasteiger partial charge in [0.05, 0.1) is 0 Å². The van der Waals surface area contributed by atoms with E-state index >= 15 is 0 Å². The summed E-state index contributed by atoms with van der Waals surface area (Å²) >= 11 is 0. The highest BCUT2D eigenvalue weighted by Crippen LogP contribution is 2.26. The first-order valence-electron chi connectivity index (χ1n) is 13.8. The minimum Gasteiger partial charge on any atom is -0.356 e. The van der Waals surface area contributed by atoms with E-state index in [0.717, 1.165) is 39.2 Å². The van der Waals surface area contributed by atoms with Gasteiger partial charge in [-0.25, -0.2) is 0 Å². The average molecular weight is 528 g/mol. The maximum absolute atomic E-state index is 4.01. The summed E-state index contributed by atoms with van der Waals surface area (Å²) in [4.78, 5) is 0. The smallest absolute Gasteiger partial charge is 0.0384 e. The molecular formula is C40H33N. The van der Waals surface area contributed by atoms with E-state index in [2.05, 4.69) is 152 Å². The molecule has 0 saturated heterocycles. The molecule has 0 aromatic heterocycles. The third-order valence-corrected chi connectivity index (χ3v) is 6.89. The van der Waals surface area contributed by atoms with Crippen LogP contribution in [-0.4, -0.2) is 0 Å². The summed E-state index contributed by atoms with van der Waals surface area (Å²) in [6.45, 7) is 8.01. The molecule has 0 spiro atoms. The van der Waals surface area contributed by atoms with E-state index in [-0.39, 0.29) is 0 Å². The Balaban J connectivity index is 1.24. The minimum atomic E-state index is 1.03. The molecule has 0 aliphatic heterocycles. The van der Waals surface area contributed by atoms with Crippen molar-refractivity contribution < 1.29 is 0 Å². The molecule has 198 valence electrons. The molecule has 0 radical (unpaired) electrons. The number of hydrogen-bond donors (Lipinski definition) is 1. The van der Waals surface area contributed by atoms with Crippen LogP contribution in [0.1, 0.15) is 22.3 Å². The number of nitrogens with one attached hydrogen (secondary N) is 1. The molecule has 5 aromatic carbocycles. The second kappa shape index (κ2) is 13.6. The van der Waals surface area contributed by atoms with Gasteiger partial charge >= 0.3 is 0 Å². The minimum absolute atomic E-state index is 1.03. The summed E-state index contributed by atoms with van der Waals surface area (Å²) in [5.41, 5.74) is 11.2. The summed E-state index contributed by atoms with van der Waals surface area (Å²) in [7, 11) is 0.